The highest BCUT2D eigenvalue weighted by atomic mass is 16.2. The van der Waals surface area contributed by atoms with Crippen molar-refractivity contribution in [2.75, 3.05) is 31.7 Å². The summed E-state index contributed by atoms with van der Waals surface area (Å²) in [5.74, 6) is 0.0223. The molecule has 1 aromatic heterocycles. The lowest BCUT2D eigenvalue weighted by Crippen LogP contribution is -2.28. The second kappa shape index (κ2) is 4.91. The molecule has 0 radical (unpaired) electrons. The number of rotatable bonds is 3. The van der Waals surface area contributed by atoms with E-state index in [0.29, 0.717) is 5.69 Å². The molecule has 0 aliphatic heterocycles. The molecule has 5 nitrogen and oxygen atoms in total. The van der Waals surface area contributed by atoms with Crippen LogP contribution in [0.5, 0.6) is 0 Å². The highest BCUT2D eigenvalue weighted by Gasteiger charge is 2.07. The van der Waals surface area contributed by atoms with Crippen molar-refractivity contribution >= 4 is 28.1 Å². The summed E-state index contributed by atoms with van der Waals surface area (Å²) in [7, 11) is 3.46. The second-order valence-corrected chi connectivity index (χ2v) is 4.27. The summed E-state index contributed by atoms with van der Waals surface area (Å²) in [6.45, 7) is 0.258. The van der Waals surface area contributed by atoms with E-state index in [0.717, 1.165) is 16.5 Å². The predicted molar refractivity (Wildman–Crippen MR) is 73.3 cm³/mol. The van der Waals surface area contributed by atoms with Crippen LogP contribution in [0.2, 0.25) is 0 Å². The molecule has 0 aliphatic carbocycles. The van der Waals surface area contributed by atoms with E-state index in [-0.39, 0.29) is 12.5 Å². The van der Waals surface area contributed by atoms with Gasteiger partial charge < -0.3 is 16.0 Å². The molecule has 2 aromatic rings. The van der Waals surface area contributed by atoms with E-state index in [2.05, 4.69) is 10.3 Å². The number of nitrogens with zero attached hydrogens (tertiary/aromatic N) is 2. The van der Waals surface area contributed by atoms with Crippen LogP contribution in [0.1, 0.15) is 0 Å². The molecule has 0 fully saturated rings. The lowest BCUT2D eigenvalue weighted by atomic mass is 10.1. The van der Waals surface area contributed by atoms with E-state index in [1.807, 2.05) is 18.2 Å². The van der Waals surface area contributed by atoms with Gasteiger partial charge in [0.1, 0.15) is 0 Å². The van der Waals surface area contributed by atoms with Crippen LogP contribution in [0, 0.1) is 0 Å². The molecule has 18 heavy (non-hydrogen) atoms. The summed E-state index contributed by atoms with van der Waals surface area (Å²) in [6.07, 6.45) is 3.43. The van der Waals surface area contributed by atoms with Gasteiger partial charge in [-0.3, -0.25) is 9.78 Å². The second-order valence-electron chi connectivity index (χ2n) is 4.27. The summed E-state index contributed by atoms with van der Waals surface area (Å²) >= 11 is 0. The number of fused-ring (bicyclic) bond motifs is 1. The lowest BCUT2D eigenvalue weighted by Gasteiger charge is -2.13. The molecule has 0 bridgehead atoms. The number of carbonyl (C=O) groups is 1. The Balaban J connectivity index is 2.29. The number of amides is 1. The van der Waals surface area contributed by atoms with Crippen LogP contribution in [0.25, 0.3) is 10.8 Å². The fourth-order valence-electron chi connectivity index (χ4n) is 1.70. The lowest BCUT2D eigenvalue weighted by molar-refractivity contribution is -0.126. The van der Waals surface area contributed by atoms with Crippen molar-refractivity contribution in [3.05, 3.63) is 30.6 Å². The Morgan fingerprint density at radius 1 is 1.33 bits per heavy atom. The van der Waals surface area contributed by atoms with Gasteiger partial charge in [-0.15, -0.1) is 0 Å². The zero-order chi connectivity index (χ0) is 13.1. The first kappa shape index (κ1) is 12.2. The van der Waals surface area contributed by atoms with Crippen molar-refractivity contribution in [2.45, 2.75) is 0 Å². The van der Waals surface area contributed by atoms with E-state index < -0.39 is 0 Å². The van der Waals surface area contributed by atoms with Crippen molar-refractivity contribution in [2.24, 2.45) is 0 Å². The van der Waals surface area contributed by atoms with Crippen molar-refractivity contribution < 1.29 is 4.79 Å². The Hall–Kier alpha value is -2.30. The molecule has 3 N–H and O–H groups in total. The van der Waals surface area contributed by atoms with Crippen LogP contribution >= 0.6 is 0 Å². The predicted octanol–water partition coefficient (Wildman–Crippen LogP) is 1.32. The average molecular weight is 244 g/mol. The van der Waals surface area contributed by atoms with E-state index in [4.69, 9.17) is 5.73 Å². The Bertz CT molecular complexity index is 580. The maximum atomic E-state index is 11.5. The molecule has 1 heterocycles. The van der Waals surface area contributed by atoms with Gasteiger partial charge in [0.05, 0.1) is 6.54 Å². The van der Waals surface area contributed by atoms with Gasteiger partial charge in [-0.1, -0.05) is 0 Å². The van der Waals surface area contributed by atoms with Crippen molar-refractivity contribution in [3.8, 4) is 0 Å². The molecule has 0 atom stereocenters. The molecule has 0 aliphatic rings. The first-order valence-electron chi connectivity index (χ1n) is 5.66. The molecule has 0 saturated heterocycles. The molecule has 5 heteroatoms. The van der Waals surface area contributed by atoms with Crippen LogP contribution in [-0.2, 0) is 4.79 Å². The van der Waals surface area contributed by atoms with Gasteiger partial charge in [-0.25, -0.2) is 0 Å². The summed E-state index contributed by atoms with van der Waals surface area (Å²) < 4.78 is 0. The minimum atomic E-state index is 0.0223. The number of benzene rings is 1. The Morgan fingerprint density at radius 2 is 2.11 bits per heavy atom. The number of hydrogen-bond donors (Lipinski definition) is 2. The molecular formula is C13H16N4O. The topological polar surface area (TPSA) is 71.2 Å². The minimum Gasteiger partial charge on any atom is -0.398 e. The smallest absolute Gasteiger partial charge is 0.241 e. The fourth-order valence-corrected chi connectivity index (χ4v) is 1.70. The Kier molecular flexibility index (Phi) is 3.32. The quantitative estimate of drug-likeness (QED) is 0.799. The third-order valence-corrected chi connectivity index (χ3v) is 2.78. The highest BCUT2D eigenvalue weighted by Crippen LogP contribution is 2.27. The third kappa shape index (κ3) is 2.34. The Labute approximate surface area is 106 Å². The molecule has 1 aromatic carbocycles. The van der Waals surface area contributed by atoms with Crippen LogP contribution in [0.4, 0.5) is 11.4 Å². The number of nitrogens with one attached hydrogen (secondary N) is 1. The number of carbonyl (C=O) groups excluding carboxylic acids is 1. The SMILES string of the molecule is CN(C)C(=O)CNc1ccc(N)c2cnccc12. The van der Waals surface area contributed by atoms with E-state index in [9.17, 15) is 4.79 Å². The monoisotopic (exact) mass is 244 g/mol. The molecule has 1 amide bonds. The summed E-state index contributed by atoms with van der Waals surface area (Å²) in [5, 5.41) is 4.98. The van der Waals surface area contributed by atoms with Crippen molar-refractivity contribution in [3.63, 3.8) is 0 Å². The maximum absolute atomic E-state index is 11.5. The molecule has 0 spiro atoms. The van der Waals surface area contributed by atoms with Crippen LogP contribution < -0.4 is 11.1 Å². The van der Waals surface area contributed by atoms with Gasteiger partial charge in [-0.05, 0) is 18.2 Å². The normalized spacial score (nSPS) is 10.3. The zero-order valence-electron chi connectivity index (χ0n) is 10.5. The number of anilines is 2. The zero-order valence-corrected chi connectivity index (χ0v) is 10.5. The van der Waals surface area contributed by atoms with Gasteiger partial charge in [0, 0.05) is 48.6 Å². The molecule has 2 rings (SSSR count). The highest BCUT2D eigenvalue weighted by molar-refractivity contribution is 6.01. The van der Waals surface area contributed by atoms with Gasteiger partial charge >= 0.3 is 0 Å². The average Bonchev–Trinajstić information content (AvgIpc) is 2.38. The van der Waals surface area contributed by atoms with Crippen LogP contribution in [-0.4, -0.2) is 36.4 Å². The van der Waals surface area contributed by atoms with Crippen LogP contribution in [0.3, 0.4) is 0 Å². The third-order valence-electron chi connectivity index (χ3n) is 2.78. The maximum Gasteiger partial charge on any atom is 0.241 e. The number of aromatic nitrogens is 1. The van der Waals surface area contributed by atoms with Gasteiger partial charge in [0.15, 0.2) is 0 Å². The first-order valence-corrected chi connectivity index (χ1v) is 5.66. The number of hydrogen-bond acceptors (Lipinski definition) is 4. The largest absolute Gasteiger partial charge is 0.398 e. The van der Waals surface area contributed by atoms with Gasteiger partial charge in [0.25, 0.3) is 0 Å². The van der Waals surface area contributed by atoms with E-state index >= 15 is 0 Å². The van der Waals surface area contributed by atoms with Gasteiger partial charge in [0.2, 0.25) is 5.91 Å². The summed E-state index contributed by atoms with van der Waals surface area (Å²) in [4.78, 5) is 17.2. The standard InChI is InChI=1S/C13H16N4O/c1-17(2)13(18)8-16-12-4-3-11(14)10-7-15-6-5-9(10)12/h3-7,16H,8,14H2,1-2H3. The number of likely N-dealkylation sites (N-methyl/N-ethyl adjacent to an activating group) is 1. The molecule has 94 valence electrons. The summed E-state index contributed by atoms with van der Waals surface area (Å²) in [5.41, 5.74) is 7.46. The molecular weight excluding hydrogens is 228 g/mol. The molecule has 0 unspecified atom stereocenters. The van der Waals surface area contributed by atoms with Crippen molar-refractivity contribution in [1.82, 2.24) is 9.88 Å². The fraction of sp³-hybridized carbons (Fsp3) is 0.231. The van der Waals surface area contributed by atoms with E-state index in [1.165, 1.54) is 0 Å². The van der Waals surface area contributed by atoms with Crippen molar-refractivity contribution in [1.29, 1.82) is 0 Å². The Morgan fingerprint density at radius 3 is 2.83 bits per heavy atom. The number of nitrogens with two attached hydrogens (primary N) is 1. The van der Waals surface area contributed by atoms with Crippen LogP contribution in [0.15, 0.2) is 30.6 Å². The molecule has 0 saturated carbocycles. The summed E-state index contributed by atoms with van der Waals surface area (Å²) in [6, 6.07) is 5.57. The number of pyridine rings is 1. The minimum absolute atomic E-state index is 0.0223. The van der Waals surface area contributed by atoms with E-state index in [1.54, 1.807) is 31.4 Å². The van der Waals surface area contributed by atoms with Gasteiger partial charge in [-0.2, -0.15) is 0 Å². The first-order chi connectivity index (χ1) is 8.59. The number of nitrogen functional groups attached to an aromatic ring is 1.